The van der Waals surface area contributed by atoms with E-state index in [0.29, 0.717) is 29.6 Å². The Hall–Kier alpha value is -1.79. The van der Waals surface area contributed by atoms with Gasteiger partial charge < -0.3 is 15.3 Å². The molecule has 6 nitrogen and oxygen atoms in total. The minimum absolute atomic E-state index is 0.154. The zero-order valence-electron chi connectivity index (χ0n) is 20.1. The lowest BCUT2D eigenvalue weighted by molar-refractivity contribution is -0.258. The molecule has 198 valence electrons. The molecule has 1 aliphatic heterocycles. The molecule has 2 aromatic rings. The summed E-state index contributed by atoms with van der Waals surface area (Å²) in [5.41, 5.74) is -2.52. The molecule has 1 saturated carbocycles. The third-order valence-electron chi connectivity index (χ3n) is 7.28. The van der Waals surface area contributed by atoms with Gasteiger partial charge in [0.1, 0.15) is 0 Å². The molecule has 36 heavy (non-hydrogen) atoms. The molecular formula is C25H32F3N3O3S2. The van der Waals surface area contributed by atoms with Crippen molar-refractivity contribution in [2.24, 2.45) is 5.92 Å². The van der Waals surface area contributed by atoms with Crippen LogP contribution in [0.4, 0.5) is 18.9 Å². The van der Waals surface area contributed by atoms with Crippen molar-refractivity contribution in [3.05, 3.63) is 54.1 Å². The summed E-state index contributed by atoms with van der Waals surface area (Å²) in [6.45, 7) is 2.95. The number of benzene rings is 2. The van der Waals surface area contributed by atoms with Gasteiger partial charge in [0.25, 0.3) is 0 Å². The van der Waals surface area contributed by atoms with E-state index < -0.39 is 21.8 Å². The molecule has 2 aromatic carbocycles. The average Bonchev–Trinajstić information content (AvgIpc) is 2.80. The molecule has 1 aliphatic carbocycles. The summed E-state index contributed by atoms with van der Waals surface area (Å²) in [6, 6.07) is 12.0. The van der Waals surface area contributed by atoms with Gasteiger partial charge in [-0.1, -0.05) is 30.7 Å². The lowest BCUT2D eigenvalue weighted by atomic mass is 9.85. The first-order valence-electron chi connectivity index (χ1n) is 12.1. The Morgan fingerprint density at radius 3 is 2.31 bits per heavy atom. The Balaban J connectivity index is 1.55. The number of hydrogen-bond acceptors (Lipinski definition) is 6. The number of nitrogens with zero attached hydrogens (tertiary/aromatic N) is 2. The van der Waals surface area contributed by atoms with Gasteiger partial charge >= 0.3 is 6.18 Å². The number of aliphatic hydroxyl groups is 1. The smallest absolute Gasteiger partial charge is 0.376 e. The molecule has 0 spiro atoms. The maximum atomic E-state index is 13.4. The van der Waals surface area contributed by atoms with Crippen molar-refractivity contribution >= 4 is 28.3 Å². The van der Waals surface area contributed by atoms with Gasteiger partial charge in [0.15, 0.2) is 5.60 Å². The van der Waals surface area contributed by atoms with Crippen LogP contribution in [0.5, 0.6) is 0 Å². The van der Waals surface area contributed by atoms with Gasteiger partial charge in [-0.05, 0) is 62.1 Å². The number of piperazine rings is 1. The van der Waals surface area contributed by atoms with Crippen LogP contribution in [0.15, 0.2) is 58.3 Å². The van der Waals surface area contributed by atoms with Crippen LogP contribution in [0.3, 0.4) is 0 Å². The first-order valence-corrected chi connectivity index (χ1v) is 13.9. The van der Waals surface area contributed by atoms with Crippen molar-refractivity contribution in [3.63, 3.8) is 0 Å². The van der Waals surface area contributed by atoms with Crippen LogP contribution in [-0.4, -0.2) is 62.8 Å². The number of rotatable bonds is 8. The fraction of sp³-hybridized carbons (Fsp3) is 0.520. The van der Waals surface area contributed by atoms with Crippen LogP contribution in [0, 0.1) is 5.92 Å². The zero-order chi connectivity index (χ0) is 26.1. The van der Waals surface area contributed by atoms with Crippen molar-refractivity contribution < 1.29 is 26.7 Å². The van der Waals surface area contributed by atoms with E-state index >= 15 is 0 Å². The number of anilines is 1. The SMILES string of the molecule is CC(O)(c1ccc(N2CCN(S(=O)(=O)c3ccccc3S)C[C@@H]2CNCC2CCC2)cc1)C(F)(F)F. The number of alkyl halides is 3. The van der Waals surface area contributed by atoms with Gasteiger partial charge in [-0.25, -0.2) is 8.42 Å². The highest BCUT2D eigenvalue weighted by Gasteiger charge is 2.51. The Kier molecular flexibility index (Phi) is 7.97. The van der Waals surface area contributed by atoms with Crippen molar-refractivity contribution in [1.82, 2.24) is 9.62 Å². The predicted molar refractivity (Wildman–Crippen MR) is 136 cm³/mol. The van der Waals surface area contributed by atoms with E-state index in [0.717, 1.165) is 13.5 Å². The Morgan fingerprint density at radius 2 is 1.72 bits per heavy atom. The third kappa shape index (κ3) is 5.55. The highest BCUT2D eigenvalue weighted by atomic mass is 32.2. The van der Waals surface area contributed by atoms with Crippen LogP contribution < -0.4 is 10.2 Å². The Morgan fingerprint density at radius 1 is 1.06 bits per heavy atom. The summed E-state index contributed by atoms with van der Waals surface area (Å²) in [5, 5.41) is 13.5. The molecule has 1 unspecified atom stereocenters. The van der Waals surface area contributed by atoms with Gasteiger partial charge in [-0.2, -0.15) is 17.5 Å². The van der Waals surface area contributed by atoms with E-state index in [4.69, 9.17) is 0 Å². The van der Waals surface area contributed by atoms with Gasteiger partial charge in [-0.15, -0.1) is 12.6 Å². The Labute approximate surface area is 215 Å². The van der Waals surface area contributed by atoms with E-state index in [9.17, 15) is 26.7 Å². The van der Waals surface area contributed by atoms with Gasteiger partial charge in [0, 0.05) is 36.8 Å². The average molecular weight is 544 g/mol. The number of nitrogens with one attached hydrogen (secondary N) is 1. The Bertz CT molecular complexity index is 1150. The molecular weight excluding hydrogens is 511 g/mol. The summed E-state index contributed by atoms with van der Waals surface area (Å²) in [7, 11) is -3.76. The highest BCUT2D eigenvalue weighted by Crippen LogP contribution is 2.39. The lowest BCUT2D eigenvalue weighted by Crippen LogP contribution is -2.58. The maximum absolute atomic E-state index is 13.4. The van der Waals surface area contributed by atoms with E-state index in [2.05, 4.69) is 17.9 Å². The summed E-state index contributed by atoms with van der Waals surface area (Å²) < 4.78 is 68.0. The molecule has 0 radical (unpaired) electrons. The minimum atomic E-state index is -4.80. The van der Waals surface area contributed by atoms with Crippen molar-refractivity contribution in [2.75, 3.05) is 37.6 Å². The standard InChI is InChI=1S/C25H32F3N3O3S2/c1-24(32,25(26,27)28)19-9-11-20(12-10-19)31-14-13-30(17-21(31)16-29-15-18-5-4-6-18)36(33,34)23-8-3-2-7-22(23)35/h2-3,7-12,18,21,29,32,35H,4-6,13-17H2,1H3/t21-,24?/m0/s1. The predicted octanol–water partition coefficient (Wildman–Crippen LogP) is 4.01. The fourth-order valence-electron chi connectivity index (χ4n) is 4.67. The van der Waals surface area contributed by atoms with E-state index in [-0.39, 0.29) is 29.6 Å². The van der Waals surface area contributed by atoms with Crippen molar-refractivity contribution in [1.29, 1.82) is 0 Å². The fourth-order valence-corrected chi connectivity index (χ4v) is 6.72. The summed E-state index contributed by atoms with van der Waals surface area (Å²) >= 11 is 4.33. The number of hydrogen-bond donors (Lipinski definition) is 3. The summed E-state index contributed by atoms with van der Waals surface area (Å²) in [6.07, 6.45) is -1.21. The van der Waals surface area contributed by atoms with Crippen LogP contribution >= 0.6 is 12.6 Å². The van der Waals surface area contributed by atoms with Crippen LogP contribution in [0.2, 0.25) is 0 Å². The zero-order valence-corrected chi connectivity index (χ0v) is 21.8. The van der Waals surface area contributed by atoms with E-state index in [1.807, 2.05) is 4.90 Å². The molecule has 2 atom stereocenters. The molecule has 2 N–H and O–H groups in total. The van der Waals surface area contributed by atoms with Crippen molar-refractivity contribution in [3.8, 4) is 0 Å². The second-order valence-corrected chi connectivity index (χ2v) is 12.1. The normalized spacial score (nSPS) is 21.7. The van der Waals surface area contributed by atoms with Crippen LogP contribution in [0.25, 0.3) is 0 Å². The van der Waals surface area contributed by atoms with Gasteiger partial charge in [0.05, 0.1) is 10.9 Å². The second-order valence-electron chi connectivity index (χ2n) is 9.75. The topological polar surface area (TPSA) is 72.9 Å². The van der Waals surface area contributed by atoms with Gasteiger partial charge in [-0.3, -0.25) is 0 Å². The molecule has 2 fully saturated rings. The molecule has 0 bridgehead atoms. The lowest BCUT2D eigenvalue weighted by Gasteiger charge is -2.43. The number of sulfonamides is 1. The summed E-state index contributed by atoms with van der Waals surface area (Å²) in [5.74, 6) is 0.627. The maximum Gasteiger partial charge on any atom is 0.421 e. The minimum Gasteiger partial charge on any atom is -0.376 e. The first kappa shape index (κ1) is 27.3. The molecule has 0 aromatic heterocycles. The molecule has 2 aliphatic rings. The van der Waals surface area contributed by atoms with Gasteiger partial charge in [0.2, 0.25) is 10.0 Å². The molecule has 1 saturated heterocycles. The second kappa shape index (κ2) is 10.5. The number of thiol groups is 1. The first-order chi connectivity index (χ1) is 16.9. The molecule has 1 heterocycles. The van der Waals surface area contributed by atoms with Crippen LogP contribution in [-0.2, 0) is 15.6 Å². The van der Waals surface area contributed by atoms with Crippen molar-refractivity contribution in [2.45, 2.75) is 53.8 Å². The number of halogens is 3. The monoisotopic (exact) mass is 543 g/mol. The molecule has 11 heteroatoms. The van der Waals surface area contributed by atoms with E-state index in [1.54, 1.807) is 36.4 Å². The third-order valence-corrected chi connectivity index (χ3v) is 9.74. The highest BCUT2D eigenvalue weighted by molar-refractivity contribution is 7.90. The van der Waals surface area contributed by atoms with Crippen LogP contribution in [0.1, 0.15) is 31.7 Å². The quantitative estimate of drug-likeness (QED) is 0.439. The molecule has 0 amide bonds. The molecule has 4 rings (SSSR count). The largest absolute Gasteiger partial charge is 0.421 e. The summed E-state index contributed by atoms with van der Waals surface area (Å²) in [4.78, 5) is 2.56. The van der Waals surface area contributed by atoms with E-state index in [1.165, 1.54) is 35.7 Å².